The van der Waals surface area contributed by atoms with E-state index < -0.39 is 0 Å². The molecule has 0 aliphatic carbocycles. The van der Waals surface area contributed by atoms with E-state index in [0.29, 0.717) is 0 Å². The number of rotatable bonds is 5. The monoisotopic (exact) mass is 639 g/mol. The van der Waals surface area contributed by atoms with E-state index >= 15 is 0 Å². The van der Waals surface area contributed by atoms with Gasteiger partial charge in [-0.05, 0) is 73.0 Å². The molecule has 0 saturated carbocycles. The number of aromatic nitrogens is 3. The number of fused-ring (bicyclic) bond motifs is 6. The van der Waals surface area contributed by atoms with Crippen LogP contribution in [0.1, 0.15) is 11.4 Å². The quantitative estimate of drug-likeness (QED) is 0.178. The Morgan fingerprint density at radius 2 is 0.840 bits per heavy atom. The molecule has 0 aliphatic rings. The van der Waals surface area contributed by atoms with Crippen LogP contribution >= 0.6 is 0 Å². The molecule has 10 aromatic rings. The van der Waals surface area contributed by atoms with Crippen molar-refractivity contribution in [2.75, 3.05) is 0 Å². The van der Waals surface area contributed by atoms with E-state index in [1.54, 1.807) is 0 Å². The number of benzene rings is 7. The fourth-order valence-corrected chi connectivity index (χ4v) is 8.34. The molecule has 3 aromatic heterocycles. The number of nitrogens with zero attached hydrogens (tertiary/aromatic N) is 3. The van der Waals surface area contributed by atoms with Crippen LogP contribution in [0.2, 0.25) is 0 Å². The van der Waals surface area contributed by atoms with Crippen LogP contribution in [-0.2, 0) is 0 Å². The molecular weight excluding hydrogens is 607 g/mol. The molecule has 0 atom stereocenters. The van der Waals surface area contributed by atoms with E-state index in [1.165, 1.54) is 71.4 Å². The molecule has 0 fully saturated rings. The van der Waals surface area contributed by atoms with Gasteiger partial charge < -0.3 is 13.7 Å². The summed E-state index contributed by atoms with van der Waals surface area (Å²) in [5.41, 5.74) is 12.9. The Morgan fingerprint density at radius 3 is 1.44 bits per heavy atom. The molecule has 0 spiro atoms. The maximum Gasteiger partial charge on any atom is 0.0542 e. The van der Waals surface area contributed by atoms with Crippen molar-refractivity contribution in [1.29, 1.82) is 0 Å². The van der Waals surface area contributed by atoms with Gasteiger partial charge in [-0.1, -0.05) is 116 Å². The van der Waals surface area contributed by atoms with E-state index in [2.05, 4.69) is 191 Å². The third kappa shape index (κ3) is 3.98. The molecule has 0 unspecified atom stereocenters. The smallest absolute Gasteiger partial charge is 0.0542 e. The standard InChI is InChI=1S/C47H33N3/c1-3-40-47(46-31(2)48(44-24-12-8-20-38(44)46)41-26-14-16-32-15-4-5-17-35(32)41)39-21-9-13-25-45(39)49(40)33-27-29-34(30-28-33)50-42-22-10-6-18-36(42)37-19-7-11-23-43(37)50/h3-30H,1H2,2H3. The maximum atomic E-state index is 4.41. The zero-order valence-electron chi connectivity index (χ0n) is 27.7. The second-order valence-corrected chi connectivity index (χ2v) is 13.0. The average Bonchev–Trinajstić information content (AvgIpc) is 3.79. The summed E-state index contributed by atoms with van der Waals surface area (Å²) in [5, 5.41) is 7.43. The van der Waals surface area contributed by atoms with Crippen molar-refractivity contribution in [2.24, 2.45) is 0 Å². The van der Waals surface area contributed by atoms with Crippen molar-refractivity contribution >= 4 is 60.5 Å². The highest BCUT2D eigenvalue weighted by Gasteiger charge is 2.25. The molecule has 10 rings (SSSR count). The first-order chi connectivity index (χ1) is 24.7. The Kier molecular flexibility index (Phi) is 6.24. The second-order valence-electron chi connectivity index (χ2n) is 13.0. The highest BCUT2D eigenvalue weighted by atomic mass is 15.0. The lowest BCUT2D eigenvalue weighted by Gasteiger charge is -2.13. The molecule has 7 aromatic carbocycles. The minimum absolute atomic E-state index is 1.08. The lowest BCUT2D eigenvalue weighted by Crippen LogP contribution is -2.00. The van der Waals surface area contributed by atoms with Crippen molar-refractivity contribution in [3.05, 3.63) is 182 Å². The number of para-hydroxylation sites is 4. The van der Waals surface area contributed by atoms with E-state index in [1.807, 2.05) is 6.08 Å². The summed E-state index contributed by atoms with van der Waals surface area (Å²) in [6, 6.07) is 59.1. The summed E-state index contributed by atoms with van der Waals surface area (Å²) in [6.07, 6.45) is 2.03. The normalized spacial score (nSPS) is 11.8. The Morgan fingerprint density at radius 1 is 0.400 bits per heavy atom. The summed E-state index contributed by atoms with van der Waals surface area (Å²) in [5.74, 6) is 0. The summed E-state index contributed by atoms with van der Waals surface area (Å²) in [4.78, 5) is 0. The Hall–Kier alpha value is -6.58. The van der Waals surface area contributed by atoms with Crippen molar-refractivity contribution in [3.8, 4) is 28.2 Å². The first kappa shape index (κ1) is 28.4. The molecule has 236 valence electrons. The molecule has 50 heavy (non-hydrogen) atoms. The Labute approximate surface area is 290 Å². The number of hydrogen-bond donors (Lipinski definition) is 0. The third-order valence-electron chi connectivity index (χ3n) is 10.4. The van der Waals surface area contributed by atoms with E-state index in [-0.39, 0.29) is 0 Å². The third-order valence-corrected chi connectivity index (χ3v) is 10.4. The SMILES string of the molecule is C=Cc1c(-c2c(C)n(-c3cccc4ccccc34)c3ccccc23)c2ccccc2n1-c1ccc(-n2c3ccccc3c3ccccc32)cc1. The second kappa shape index (κ2) is 11.0. The molecule has 0 N–H and O–H groups in total. The van der Waals surface area contributed by atoms with Gasteiger partial charge in [-0.15, -0.1) is 0 Å². The van der Waals surface area contributed by atoms with Gasteiger partial charge in [0.15, 0.2) is 0 Å². The summed E-state index contributed by atoms with van der Waals surface area (Å²) in [6.45, 7) is 6.67. The zero-order valence-corrected chi connectivity index (χ0v) is 27.7. The lowest BCUT2D eigenvalue weighted by molar-refractivity contribution is 1.06. The summed E-state index contributed by atoms with van der Waals surface area (Å²) in [7, 11) is 0. The van der Waals surface area contributed by atoms with Crippen LogP contribution in [-0.4, -0.2) is 13.7 Å². The minimum atomic E-state index is 1.08. The van der Waals surface area contributed by atoms with Crippen LogP contribution in [0.25, 0.3) is 88.6 Å². The van der Waals surface area contributed by atoms with Crippen LogP contribution in [0.15, 0.2) is 170 Å². The van der Waals surface area contributed by atoms with Crippen LogP contribution < -0.4 is 0 Å². The van der Waals surface area contributed by atoms with Crippen LogP contribution in [0.5, 0.6) is 0 Å². The average molecular weight is 640 g/mol. The van der Waals surface area contributed by atoms with Gasteiger partial charge in [0.2, 0.25) is 0 Å². The summed E-state index contributed by atoms with van der Waals surface area (Å²) < 4.78 is 7.18. The van der Waals surface area contributed by atoms with E-state index in [9.17, 15) is 0 Å². The van der Waals surface area contributed by atoms with Gasteiger partial charge in [0.25, 0.3) is 0 Å². The first-order valence-corrected chi connectivity index (χ1v) is 17.2. The van der Waals surface area contributed by atoms with Gasteiger partial charge in [-0.2, -0.15) is 0 Å². The highest BCUT2D eigenvalue weighted by Crippen LogP contribution is 2.45. The fourth-order valence-electron chi connectivity index (χ4n) is 8.34. The van der Waals surface area contributed by atoms with Crippen molar-refractivity contribution in [1.82, 2.24) is 13.7 Å². The van der Waals surface area contributed by atoms with Gasteiger partial charge in [-0.3, -0.25) is 0 Å². The Bertz CT molecular complexity index is 2890. The molecule has 0 bridgehead atoms. The first-order valence-electron chi connectivity index (χ1n) is 17.2. The van der Waals surface area contributed by atoms with Gasteiger partial charge in [0.1, 0.15) is 0 Å². The largest absolute Gasteiger partial charge is 0.313 e. The van der Waals surface area contributed by atoms with Gasteiger partial charge in [-0.25, -0.2) is 0 Å². The highest BCUT2D eigenvalue weighted by molar-refractivity contribution is 6.11. The molecule has 0 radical (unpaired) electrons. The van der Waals surface area contributed by atoms with Crippen molar-refractivity contribution < 1.29 is 0 Å². The van der Waals surface area contributed by atoms with Crippen LogP contribution in [0, 0.1) is 6.92 Å². The molecular formula is C47H33N3. The van der Waals surface area contributed by atoms with E-state index in [4.69, 9.17) is 0 Å². The maximum absolute atomic E-state index is 4.41. The zero-order chi connectivity index (χ0) is 33.3. The molecule has 3 nitrogen and oxygen atoms in total. The van der Waals surface area contributed by atoms with Crippen molar-refractivity contribution in [2.45, 2.75) is 6.92 Å². The van der Waals surface area contributed by atoms with Crippen LogP contribution in [0.3, 0.4) is 0 Å². The predicted molar refractivity (Wildman–Crippen MR) is 212 cm³/mol. The predicted octanol–water partition coefficient (Wildman–Crippen LogP) is 12.4. The molecule has 3 heterocycles. The molecule has 0 amide bonds. The van der Waals surface area contributed by atoms with Gasteiger partial charge in [0, 0.05) is 55.1 Å². The number of hydrogen-bond acceptors (Lipinski definition) is 0. The van der Waals surface area contributed by atoms with Crippen LogP contribution in [0.4, 0.5) is 0 Å². The fraction of sp³-hybridized carbons (Fsp3) is 0.0213. The lowest BCUT2D eigenvalue weighted by atomic mass is 9.98. The van der Waals surface area contributed by atoms with Crippen molar-refractivity contribution in [3.63, 3.8) is 0 Å². The molecule has 3 heteroatoms. The summed E-state index contributed by atoms with van der Waals surface area (Å²) >= 11 is 0. The van der Waals surface area contributed by atoms with Gasteiger partial charge in [0.05, 0.1) is 33.4 Å². The Balaban J connectivity index is 1.21. The van der Waals surface area contributed by atoms with E-state index in [0.717, 1.165) is 22.6 Å². The minimum Gasteiger partial charge on any atom is -0.313 e. The molecule has 0 aliphatic heterocycles. The molecule has 0 saturated heterocycles. The topological polar surface area (TPSA) is 14.8 Å². The van der Waals surface area contributed by atoms with Gasteiger partial charge >= 0.3 is 0 Å².